The van der Waals surface area contributed by atoms with Gasteiger partial charge in [-0.2, -0.15) is 0 Å². The molecule has 0 saturated carbocycles. The fourth-order valence-electron chi connectivity index (χ4n) is 3.88. The maximum absolute atomic E-state index is 10.9. The molecule has 0 bridgehead atoms. The van der Waals surface area contributed by atoms with E-state index in [2.05, 4.69) is 30.1 Å². The van der Waals surface area contributed by atoms with Crippen molar-refractivity contribution in [1.29, 1.82) is 0 Å². The second-order valence-electron chi connectivity index (χ2n) is 8.03. The highest BCUT2D eigenvalue weighted by atomic mass is 16.3. The van der Waals surface area contributed by atoms with Crippen molar-refractivity contribution in [2.45, 2.75) is 84.5 Å². The Kier molecular flexibility index (Phi) is 8.09. The van der Waals surface area contributed by atoms with E-state index in [0.29, 0.717) is 11.4 Å². The minimum Gasteiger partial charge on any atom is -0.505 e. The van der Waals surface area contributed by atoms with Gasteiger partial charge in [-0.25, -0.2) is 0 Å². The Balaban J connectivity index is 1.61. The number of rotatable bonds is 12. The van der Waals surface area contributed by atoms with Crippen molar-refractivity contribution in [2.24, 2.45) is 0 Å². The van der Waals surface area contributed by atoms with Crippen LogP contribution in [-0.2, 0) is 12.8 Å². The van der Waals surface area contributed by atoms with Crippen LogP contribution in [0.4, 0.5) is 0 Å². The fourth-order valence-corrected chi connectivity index (χ4v) is 3.88. The summed E-state index contributed by atoms with van der Waals surface area (Å²) in [7, 11) is 0. The van der Waals surface area contributed by atoms with E-state index in [9.17, 15) is 5.11 Å². The van der Waals surface area contributed by atoms with Gasteiger partial charge in [0.2, 0.25) is 0 Å². The highest BCUT2D eigenvalue weighted by molar-refractivity contribution is 5.73. The van der Waals surface area contributed by atoms with Gasteiger partial charge >= 0.3 is 0 Å². The molecule has 3 aromatic rings. The van der Waals surface area contributed by atoms with Gasteiger partial charge in [0.25, 0.3) is 0 Å². The summed E-state index contributed by atoms with van der Waals surface area (Å²) < 4.78 is 0. The van der Waals surface area contributed by atoms with Gasteiger partial charge in [-0.15, -0.1) is 15.0 Å². The highest BCUT2D eigenvalue weighted by Gasteiger charge is 2.14. The Morgan fingerprint density at radius 1 is 0.793 bits per heavy atom. The average Bonchev–Trinajstić information content (AvgIpc) is 3.17. The van der Waals surface area contributed by atoms with Crippen molar-refractivity contribution in [2.75, 3.05) is 0 Å². The van der Waals surface area contributed by atoms with Crippen LogP contribution in [0.15, 0.2) is 36.4 Å². The van der Waals surface area contributed by atoms with E-state index in [1.54, 1.807) is 4.80 Å². The summed E-state index contributed by atoms with van der Waals surface area (Å²) in [6.45, 7) is 4.41. The molecule has 1 N–H and O–H groups in total. The zero-order valence-electron chi connectivity index (χ0n) is 18.0. The molecule has 0 spiro atoms. The molecule has 0 aliphatic heterocycles. The topological polar surface area (TPSA) is 50.9 Å². The molecule has 4 heteroatoms. The molecule has 156 valence electrons. The molecule has 0 fully saturated rings. The molecular formula is C25H35N3O. The minimum atomic E-state index is 0.321. The van der Waals surface area contributed by atoms with Gasteiger partial charge < -0.3 is 5.11 Å². The van der Waals surface area contributed by atoms with Crippen LogP contribution in [0.25, 0.3) is 16.7 Å². The third-order valence-electron chi connectivity index (χ3n) is 5.69. The summed E-state index contributed by atoms with van der Waals surface area (Å²) in [6, 6.07) is 12.0. The number of hydrogen-bond donors (Lipinski definition) is 1. The number of fused-ring (bicyclic) bond motifs is 1. The van der Waals surface area contributed by atoms with Crippen LogP contribution >= 0.6 is 0 Å². The van der Waals surface area contributed by atoms with E-state index in [-0.39, 0.29) is 0 Å². The van der Waals surface area contributed by atoms with Gasteiger partial charge in [0, 0.05) is 0 Å². The number of aromatic nitrogens is 3. The Morgan fingerprint density at radius 2 is 1.38 bits per heavy atom. The van der Waals surface area contributed by atoms with Crippen molar-refractivity contribution in [3.8, 4) is 11.4 Å². The van der Waals surface area contributed by atoms with Gasteiger partial charge in [-0.05, 0) is 48.6 Å². The first-order chi connectivity index (χ1) is 14.2. The number of nitrogens with zero attached hydrogens (tertiary/aromatic N) is 3. The first-order valence-electron chi connectivity index (χ1n) is 11.4. The highest BCUT2D eigenvalue weighted by Crippen LogP contribution is 2.30. The molecule has 3 rings (SSSR count). The molecule has 0 radical (unpaired) electrons. The largest absolute Gasteiger partial charge is 0.505 e. The summed E-state index contributed by atoms with van der Waals surface area (Å²) >= 11 is 0. The van der Waals surface area contributed by atoms with E-state index in [1.807, 2.05) is 30.3 Å². The molecule has 0 aliphatic rings. The predicted molar refractivity (Wildman–Crippen MR) is 121 cm³/mol. The van der Waals surface area contributed by atoms with Crippen LogP contribution in [0.3, 0.4) is 0 Å². The van der Waals surface area contributed by atoms with Crippen LogP contribution in [0.2, 0.25) is 0 Å². The first-order valence-corrected chi connectivity index (χ1v) is 11.4. The van der Waals surface area contributed by atoms with Gasteiger partial charge in [0.1, 0.15) is 22.5 Å². The van der Waals surface area contributed by atoms with Crippen molar-refractivity contribution in [1.82, 2.24) is 15.0 Å². The number of aromatic hydroxyl groups is 1. The van der Waals surface area contributed by atoms with E-state index in [0.717, 1.165) is 35.9 Å². The standard InChI is InChI=1S/C25H35N3O/c1-3-5-6-7-8-9-10-11-12-15-21-18-20(4-2)19-24(25(21)29)28-26-22-16-13-14-17-23(22)27-28/h13-14,16-19,29H,3-12,15H2,1-2H3. The molecule has 1 aromatic heterocycles. The summed E-state index contributed by atoms with van der Waals surface area (Å²) in [5.74, 6) is 0.321. The van der Waals surface area contributed by atoms with Gasteiger partial charge in [0.05, 0.1) is 0 Å². The number of unbranched alkanes of at least 4 members (excludes halogenated alkanes) is 8. The van der Waals surface area contributed by atoms with Crippen LogP contribution in [0.1, 0.15) is 82.8 Å². The monoisotopic (exact) mass is 393 g/mol. The molecule has 0 aliphatic carbocycles. The Hall–Kier alpha value is -2.36. The zero-order valence-corrected chi connectivity index (χ0v) is 18.0. The average molecular weight is 394 g/mol. The number of aryl methyl sites for hydroxylation is 2. The molecular weight excluding hydrogens is 358 g/mol. The number of phenolic OH excluding ortho intramolecular Hbond substituents is 1. The normalized spacial score (nSPS) is 11.4. The SMILES string of the molecule is CCCCCCCCCCCc1cc(CC)cc(-n2nc3ccccc3n2)c1O. The smallest absolute Gasteiger partial charge is 0.146 e. The minimum absolute atomic E-state index is 0.321. The lowest BCUT2D eigenvalue weighted by molar-refractivity contribution is 0.458. The molecule has 0 unspecified atom stereocenters. The zero-order chi connectivity index (χ0) is 20.5. The third kappa shape index (κ3) is 5.81. The Morgan fingerprint density at radius 3 is 1.97 bits per heavy atom. The molecule has 1 heterocycles. The van der Waals surface area contributed by atoms with Gasteiger partial charge in [-0.1, -0.05) is 83.4 Å². The molecule has 2 aromatic carbocycles. The first kappa shape index (κ1) is 21.4. The summed E-state index contributed by atoms with van der Waals surface area (Å²) in [6.07, 6.45) is 13.6. The number of hydrogen-bond acceptors (Lipinski definition) is 3. The lowest BCUT2D eigenvalue weighted by Gasteiger charge is -2.12. The Labute approximate surface area is 175 Å². The summed E-state index contributed by atoms with van der Waals surface area (Å²) in [5.41, 5.74) is 4.60. The van der Waals surface area contributed by atoms with Crippen LogP contribution in [-0.4, -0.2) is 20.1 Å². The van der Waals surface area contributed by atoms with Crippen molar-refractivity contribution in [3.63, 3.8) is 0 Å². The van der Waals surface area contributed by atoms with Crippen LogP contribution in [0.5, 0.6) is 5.75 Å². The molecule has 29 heavy (non-hydrogen) atoms. The lowest BCUT2D eigenvalue weighted by Crippen LogP contribution is -2.03. The van der Waals surface area contributed by atoms with E-state index < -0.39 is 0 Å². The molecule has 0 amide bonds. The second-order valence-corrected chi connectivity index (χ2v) is 8.03. The van der Waals surface area contributed by atoms with Crippen molar-refractivity contribution >= 4 is 11.0 Å². The maximum Gasteiger partial charge on any atom is 0.146 e. The van der Waals surface area contributed by atoms with Crippen molar-refractivity contribution < 1.29 is 5.11 Å². The molecule has 0 saturated heterocycles. The fraction of sp³-hybridized carbons (Fsp3) is 0.520. The molecule has 4 nitrogen and oxygen atoms in total. The van der Waals surface area contributed by atoms with Crippen LogP contribution in [0, 0.1) is 0 Å². The van der Waals surface area contributed by atoms with Crippen LogP contribution < -0.4 is 0 Å². The maximum atomic E-state index is 10.9. The van der Waals surface area contributed by atoms with Crippen molar-refractivity contribution in [3.05, 3.63) is 47.5 Å². The summed E-state index contributed by atoms with van der Waals surface area (Å²) in [5, 5.41) is 20.0. The molecule has 0 atom stereocenters. The Bertz CT molecular complexity index is 867. The number of benzene rings is 2. The number of phenols is 1. The third-order valence-corrected chi connectivity index (χ3v) is 5.69. The summed E-state index contributed by atoms with van der Waals surface area (Å²) in [4.78, 5) is 1.58. The van der Waals surface area contributed by atoms with E-state index in [1.165, 1.54) is 56.9 Å². The van der Waals surface area contributed by atoms with E-state index in [4.69, 9.17) is 0 Å². The second kappa shape index (κ2) is 11.0. The predicted octanol–water partition coefficient (Wildman–Crippen LogP) is 6.76. The van der Waals surface area contributed by atoms with Gasteiger partial charge in [-0.3, -0.25) is 0 Å². The van der Waals surface area contributed by atoms with Gasteiger partial charge in [0.15, 0.2) is 0 Å². The van der Waals surface area contributed by atoms with E-state index >= 15 is 0 Å². The quantitative estimate of drug-likeness (QED) is 0.346. The lowest BCUT2D eigenvalue weighted by atomic mass is 10.00.